The average molecular weight is 269 g/mol. The van der Waals surface area contributed by atoms with Gasteiger partial charge in [-0.05, 0) is 37.1 Å². The summed E-state index contributed by atoms with van der Waals surface area (Å²) in [6.45, 7) is 2.83. The Hall–Kier alpha value is -2.01. The van der Waals surface area contributed by atoms with E-state index in [2.05, 4.69) is 25.4 Å². The van der Waals surface area contributed by atoms with Crippen LogP contribution in [0.15, 0.2) is 42.7 Å². The molecule has 0 bridgehead atoms. The number of aromatic nitrogens is 3. The standard InChI is InChI=1S/C15H19N5/c1-2-8-17-13(5-1)11-16-12-14-6-4-10-20(14)15-7-3-9-18-19-15/h1-3,5,7-9,14,16H,4,6,10-12H2/t14-/m0/s1. The number of nitrogens with zero attached hydrogens (tertiary/aromatic N) is 4. The van der Waals surface area contributed by atoms with Crippen LogP contribution in [0.25, 0.3) is 0 Å². The number of rotatable bonds is 5. The highest BCUT2D eigenvalue weighted by Crippen LogP contribution is 2.22. The highest BCUT2D eigenvalue weighted by Gasteiger charge is 2.25. The van der Waals surface area contributed by atoms with E-state index in [1.807, 2.05) is 36.5 Å². The zero-order valence-corrected chi connectivity index (χ0v) is 11.4. The third-order valence-electron chi connectivity index (χ3n) is 3.64. The molecule has 104 valence electrons. The van der Waals surface area contributed by atoms with Crippen LogP contribution in [0, 0.1) is 0 Å². The summed E-state index contributed by atoms with van der Waals surface area (Å²) in [6.07, 6.45) is 5.96. The zero-order chi connectivity index (χ0) is 13.6. The molecule has 20 heavy (non-hydrogen) atoms. The second-order valence-corrected chi connectivity index (χ2v) is 5.02. The Morgan fingerprint density at radius 2 is 2.20 bits per heavy atom. The van der Waals surface area contributed by atoms with Gasteiger partial charge in [-0.3, -0.25) is 4.98 Å². The monoisotopic (exact) mass is 269 g/mol. The van der Waals surface area contributed by atoms with E-state index in [4.69, 9.17) is 0 Å². The lowest BCUT2D eigenvalue weighted by molar-refractivity contribution is 0.565. The second kappa shape index (κ2) is 6.43. The van der Waals surface area contributed by atoms with Crippen molar-refractivity contribution in [1.82, 2.24) is 20.5 Å². The Morgan fingerprint density at radius 3 is 3.00 bits per heavy atom. The van der Waals surface area contributed by atoms with Crippen LogP contribution >= 0.6 is 0 Å². The highest BCUT2D eigenvalue weighted by molar-refractivity contribution is 5.39. The van der Waals surface area contributed by atoms with Gasteiger partial charge in [0.25, 0.3) is 0 Å². The molecule has 0 aromatic carbocycles. The Labute approximate surface area is 119 Å². The third kappa shape index (κ3) is 3.11. The van der Waals surface area contributed by atoms with Crippen molar-refractivity contribution >= 4 is 5.82 Å². The molecule has 0 saturated carbocycles. The van der Waals surface area contributed by atoms with Crippen LogP contribution in [0.3, 0.4) is 0 Å². The maximum absolute atomic E-state index is 4.32. The van der Waals surface area contributed by atoms with Crippen molar-refractivity contribution < 1.29 is 0 Å². The van der Waals surface area contributed by atoms with Crippen molar-refractivity contribution in [2.75, 3.05) is 18.0 Å². The minimum absolute atomic E-state index is 0.496. The van der Waals surface area contributed by atoms with E-state index in [1.54, 1.807) is 6.20 Å². The van der Waals surface area contributed by atoms with E-state index in [0.29, 0.717) is 6.04 Å². The van der Waals surface area contributed by atoms with E-state index in [-0.39, 0.29) is 0 Å². The molecule has 5 heteroatoms. The van der Waals surface area contributed by atoms with Crippen molar-refractivity contribution in [3.05, 3.63) is 48.4 Å². The molecular weight excluding hydrogens is 250 g/mol. The van der Waals surface area contributed by atoms with Crippen molar-refractivity contribution in [2.24, 2.45) is 0 Å². The summed E-state index contributed by atoms with van der Waals surface area (Å²) in [5.74, 6) is 0.981. The van der Waals surface area contributed by atoms with Gasteiger partial charge in [-0.1, -0.05) is 6.07 Å². The van der Waals surface area contributed by atoms with Gasteiger partial charge in [0, 0.05) is 38.1 Å². The van der Waals surface area contributed by atoms with Crippen molar-refractivity contribution in [1.29, 1.82) is 0 Å². The smallest absolute Gasteiger partial charge is 0.151 e. The van der Waals surface area contributed by atoms with Gasteiger partial charge in [-0.2, -0.15) is 5.10 Å². The lowest BCUT2D eigenvalue weighted by atomic mass is 10.2. The first-order valence-corrected chi connectivity index (χ1v) is 7.08. The maximum Gasteiger partial charge on any atom is 0.151 e. The minimum atomic E-state index is 0.496. The summed E-state index contributed by atoms with van der Waals surface area (Å²) < 4.78 is 0. The summed E-state index contributed by atoms with van der Waals surface area (Å²) >= 11 is 0. The lowest BCUT2D eigenvalue weighted by Gasteiger charge is -2.25. The van der Waals surface area contributed by atoms with Gasteiger partial charge < -0.3 is 10.2 Å². The fourth-order valence-electron chi connectivity index (χ4n) is 2.67. The van der Waals surface area contributed by atoms with E-state index < -0.39 is 0 Å². The second-order valence-electron chi connectivity index (χ2n) is 5.02. The van der Waals surface area contributed by atoms with Crippen LogP contribution in [0.2, 0.25) is 0 Å². The topological polar surface area (TPSA) is 53.9 Å². The average Bonchev–Trinajstić information content (AvgIpc) is 2.98. The molecule has 5 nitrogen and oxygen atoms in total. The molecule has 1 fully saturated rings. The van der Waals surface area contributed by atoms with Crippen LogP contribution in [-0.2, 0) is 6.54 Å². The Morgan fingerprint density at radius 1 is 1.20 bits per heavy atom. The SMILES string of the molecule is c1ccc(CNC[C@@H]2CCCN2c2cccnn2)nc1. The van der Waals surface area contributed by atoms with Gasteiger partial charge in [0.1, 0.15) is 0 Å². The molecule has 0 amide bonds. The summed E-state index contributed by atoms with van der Waals surface area (Å²) in [4.78, 5) is 6.67. The molecule has 2 aromatic heterocycles. The predicted molar refractivity (Wildman–Crippen MR) is 78.3 cm³/mol. The molecule has 3 rings (SSSR count). The summed E-state index contributed by atoms with van der Waals surface area (Å²) in [5, 5.41) is 11.7. The van der Waals surface area contributed by atoms with Gasteiger partial charge in [-0.25, -0.2) is 0 Å². The van der Waals surface area contributed by atoms with Crippen LogP contribution < -0.4 is 10.2 Å². The first kappa shape index (κ1) is 13.0. The van der Waals surface area contributed by atoms with E-state index in [9.17, 15) is 0 Å². The first-order valence-electron chi connectivity index (χ1n) is 7.08. The predicted octanol–water partition coefficient (Wildman–Crippen LogP) is 1.63. The van der Waals surface area contributed by atoms with Crippen LogP contribution in [0.5, 0.6) is 0 Å². The Kier molecular flexibility index (Phi) is 4.18. The normalized spacial score (nSPS) is 18.4. The summed E-state index contributed by atoms with van der Waals surface area (Å²) in [5.41, 5.74) is 1.08. The van der Waals surface area contributed by atoms with Gasteiger partial charge in [0.15, 0.2) is 5.82 Å². The molecule has 0 spiro atoms. The molecule has 1 aliphatic rings. The number of anilines is 1. The van der Waals surface area contributed by atoms with E-state index in [1.165, 1.54) is 12.8 Å². The van der Waals surface area contributed by atoms with Crippen molar-refractivity contribution in [2.45, 2.75) is 25.4 Å². The molecule has 0 radical (unpaired) electrons. The van der Waals surface area contributed by atoms with Crippen molar-refractivity contribution in [3.63, 3.8) is 0 Å². The van der Waals surface area contributed by atoms with E-state index in [0.717, 1.165) is 31.1 Å². The lowest BCUT2D eigenvalue weighted by Crippen LogP contribution is -2.38. The molecule has 1 aliphatic heterocycles. The Balaban J connectivity index is 1.54. The number of nitrogens with one attached hydrogen (secondary N) is 1. The number of hydrogen-bond acceptors (Lipinski definition) is 5. The first-order chi connectivity index (χ1) is 9.93. The fourth-order valence-corrected chi connectivity index (χ4v) is 2.67. The number of pyridine rings is 1. The van der Waals surface area contributed by atoms with Crippen molar-refractivity contribution in [3.8, 4) is 0 Å². The molecule has 3 heterocycles. The third-order valence-corrected chi connectivity index (χ3v) is 3.64. The maximum atomic E-state index is 4.32. The molecule has 0 unspecified atom stereocenters. The minimum Gasteiger partial charge on any atom is -0.351 e. The largest absolute Gasteiger partial charge is 0.351 e. The van der Waals surface area contributed by atoms with Gasteiger partial charge in [0.2, 0.25) is 0 Å². The zero-order valence-electron chi connectivity index (χ0n) is 11.4. The summed E-state index contributed by atoms with van der Waals surface area (Å²) in [6, 6.07) is 10.5. The van der Waals surface area contributed by atoms with Crippen LogP contribution in [0.4, 0.5) is 5.82 Å². The molecule has 2 aromatic rings. The van der Waals surface area contributed by atoms with Gasteiger partial charge in [-0.15, -0.1) is 5.10 Å². The molecule has 1 N–H and O–H groups in total. The quantitative estimate of drug-likeness (QED) is 0.894. The van der Waals surface area contributed by atoms with Crippen LogP contribution in [-0.4, -0.2) is 34.3 Å². The molecule has 0 aliphatic carbocycles. The Bertz CT molecular complexity index is 516. The van der Waals surface area contributed by atoms with Crippen LogP contribution in [0.1, 0.15) is 18.5 Å². The fraction of sp³-hybridized carbons (Fsp3) is 0.400. The highest BCUT2D eigenvalue weighted by atomic mass is 15.3. The van der Waals surface area contributed by atoms with Gasteiger partial charge >= 0.3 is 0 Å². The van der Waals surface area contributed by atoms with Gasteiger partial charge in [0.05, 0.1) is 5.69 Å². The molecular formula is C15H19N5. The van der Waals surface area contributed by atoms with E-state index >= 15 is 0 Å². The number of hydrogen-bond donors (Lipinski definition) is 1. The summed E-state index contributed by atoms with van der Waals surface area (Å²) in [7, 11) is 0. The molecule has 1 atom stereocenters. The molecule has 1 saturated heterocycles.